The number of carbonyl (C=O) groups is 2. The first-order valence-electron chi connectivity index (χ1n) is 9.11. The number of hydrogen-bond acceptors (Lipinski definition) is 5. The molecule has 2 amide bonds. The highest BCUT2D eigenvalue weighted by molar-refractivity contribution is 5.93. The molecule has 1 atom stereocenters. The molecule has 0 spiro atoms. The van der Waals surface area contributed by atoms with E-state index in [0.29, 0.717) is 44.0 Å². The summed E-state index contributed by atoms with van der Waals surface area (Å²) in [5, 5.41) is 2.88. The number of methoxy groups -OCH3 is 1. The van der Waals surface area contributed by atoms with Gasteiger partial charge in [0, 0.05) is 26.2 Å². The van der Waals surface area contributed by atoms with Crippen LogP contribution >= 0.6 is 12.4 Å². The zero-order chi connectivity index (χ0) is 19.2. The number of ether oxygens (including phenoxy) is 1. The van der Waals surface area contributed by atoms with Crippen LogP contribution in [0.3, 0.4) is 0 Å². The number of nitrogens with zero attached hydrogens (tertiary/aromatic N) is 2. The fourth-order valence-electron chi connectivity index (χ4n) is 3.24. The second-order valence-corrected chi connectivity index (χ2v) is 6.98. The van der Waals surface area contributed by atoms with Crippen LogP contribution in [0.5, 0.6) is 5.75 Å². The fourth-order valence-corrected chi connectivity index (χ4v) is 3.24. The van der Waals surface area contributed by atoms with Crippen LogP contribution < -0.4 is 15.8 Å². The molecule has 1 heterocycles. The number of nitrogens with two attached hydrogens (primary N) is 1. The molecule has 1 aliphatic rings. The van der Waals surface area contributed by atoms with Crippen molar-refractivity contribution < 1.29 is 14.3 Å². The van der Waals surface area contributed by atoms with Gasteiger partial charge in [-0.2, -0.15) is 0 Å². The van der Waals surface area contributed by atoms with Crippen LogP contribution in [0.25, 0.3) is 0 Å². The summed E-state index contributed by atoms with van der Waals surface area (Å²) in [6.07, 6.45) is 1.55. The van der Waals surface area contributed by atoms with Gasteiger partial charge < -0.3 is 20.7 Å². The molecule has 1 aliphatic heterocycles. The Kier molecular flexibility index (Phi) is 9.02. The zero-order valence-corrected chi connectivity index (χ0v) is 17.2. The molecular weight excluding hydrogens is 368 g/mol. The molecule has 8 heteroatoms. The van der Waals surface area contributed by atoms with Crippen molar-refractivity contribution in [1.82, 2.24) is 9.80 Å². The van der Waals surface area contributed by atoms with Crippen LogP contribution in [-0.4, -0.2) is 67.0 Å². The molecule has 0 aliphatic carbocycles. The molecule has 0 aromatic heterocycles. The third-order valence-electron chi connectivity index (χ3n) is 4.67. The van der Waals surface area contributed by atoms with Gasteiger partial charge in [-0.05, 0) is 25.5 Å². The minimum Gasteiger partial charge on any atom is -0.495 e. The quantitative estimate of drug-likeness (QED) is 0.730. The third kappa shape index (κ3) is 6.37. The molecule has 1 saturated heterocycles. The predicted molar refractivity (Wildman–Crippen MR) is 109 cm³/mol. The van der Waals surface area contributed by atoms with Gasteiger partial charge in [-0.3, -0.25) is 14.5 Å². The van der Waals surface area contributed by atoms with Crippen molar-refractivity contribution in [3.8, 4) is 5.75 Å². The fraction of sp³-hybridized carbons (Fsp3) is 0.579. The summed E-state index contributed by atoms with van der Waals surface area (Å²) in [6, 6.07) is 7.32. The molecule has 1 fully saturated rings. The van der Waals surface area contributed by atoms with Crippen molar-refractivity contribution in [2.45, 2.75) is 32.2 Å². The SMILES string of the molecule is CCCC(C)(N)C(=O)N1CCN(CC(=O)Nc2ccccc2OC)CC1.Cl. The highest BCUT2D eigenvalue weighted by Crippen LogP contribution is 2.23. The number of rotatable bonds is 7. The van der Waals surface area contributed by atoms with Crippen molar-refractivity contribution in [2.24, 2.45) is 5.73 Å². The summed E-state index contributed by atoms with van der Waals surface area (Å²) in [5.41, 5.74) is 6.00. The van der Waals surface area contributed by atoms with Gasteiger partial charge in [-0.1, -0.05) is 25.5 Å². The Balaban J connectivity index is 0.00000364. The van der Waals surface area contributed by atoms with Crippen LogP contribution in [0.4, 0.5) is 5.69 Å². The minimum atomic E-state index is -0.807. The number of piperazine rings is 1. The van der Waals surface area contributed by atoms with Crippen molar-refractivity contribution >= 4 is 29.9 Å². The van der Waals surface area contributed by atoms with Crippen molar-refractivity contribution in [1.29, 1.82) is 0 Å². The van der Waals surface area contributed by atoms with Crippen molar-refractivity contribution in [2.75, 3.05) is 45.2 Å². The largest absolute Gasteiger partial charge is 0.495 e. The lowest BCUT2D eigenvalue weighted by molar-refractivity contribution is -0.138. The number of anilines is 1. The Bertz CT molecular complexity index is 631. The zero-order valence-electron chi connectivity index (χ0n) is 16.4. The summed E-state index contributed by atoms with van der Waals surface area (Å²) in [5.74, 6) is 0.538. The van der Waals surface area contributed by atoms with E-state index in [0.717, 1.165) is 6.42 Å². The molecule has 3 N–H and O–H groups in total. The molecule has 1 unspecified atom stereocenters. The van der Waals surface area contributed by atoms with Gasteiger partial charge in [0.05, 0.1) is 24.9 Å². The van der Waals surface area contributed by atoms with E-state index in [9.17, 15) is 9.59 Å². The molecule has 0 bridgehead atoms. The van der Waals surface area contributed by atoms with E-state index in [1.165, 1.54) is 0 Å². The van der Waals surface area contributed by atoms with Gasteiger partial charge in [-0.15, -0.1) is 12.4 Å². The second kappa shape index (κ2) is 10.5. The van der Waals surface area contributed by atoms with Gasteiger partial charge in [0.15, 0.2) is 0 Å². The Labute approximate surface area is 167 Å². The molecule has 0 saturated carbocycles. The van der Waals surface area contributed by atoms with Gasteiger partial charge in [0.2, 0.25) is 11.8 Å². The lowest BCUT2D eigenvalue weighted by Gasteiger charge is -2.38. The standard InChI is InChI=1S/C19H30N4O3.ClH/c1-4-9-19(2,20)18(25)23-12-10-22(11-13-23)14-17(24)21-15-7-5-6-8-16(15)26-3;/h5-8H,4,9-14,20H2,1-3H3,(H,21,24);1H. The smallest absolute Gasteiger partial charge is 0.242 e. The van der Waals surface area contributed by atoms with E-state index in [4.69, 9.17) is 10.5 Å². The Morgan fingerprint density at radius 2 is 1.85 bits per heavy atom. The number of benzene rings is 1. The Hall–Kier alpha value is -1.83. The Morgan fingerprint density at radius 1 is 1.22 bits per heavy atom. The molecule has 1 aromatic carbocycles. The highest BCUT2D eigenvalue weighted by Gasteiger charge is 2.33. The van der Waals surface area contributed by atoms with Crippen molar-refractivity contribution in [3.05, 3.63) is 24.3 Å². The molecule has 27 heavy (non-hydrogen) atoms. The lowest BCUT2D eigenvalue weighted by Crippen LogP contribution is -2.58. The number of carbonyl (C=O) groups excluding carboxylic acids is 2. The van der Waals surface area contributed by atoms with Crippen LogP contribution in [-0.2, 0) is 9.59 Å². The predicted octanol–water partition coefficient (Wildman–Crippen LogP) is 1.72. The third-order valence-corrected chi connectivity index (χ3v) is 4.67. The van der Waals surface area contributed by atoms with Gasteiger partial charge >= 0.3 is 0 Å². The van der Waals surface area contributed by atoms with E-state index in [-0.39, 0.29) is 30.8 Å². The lowest BCUT2D eigenvalue weighted by atomic mass is 9.95. The van der Waals surface area contributed by atoms with Crippen LogP contribution in [0.15, 0.2) is 24.3 Å². The average Bonchev–Trinajstić information content (AvgIpc) is 2.62. The van der Waals surface area contributed by atoms with E-state index in [1.807, 2.05) is 34.9 Å². The molecular formula is C19H31ClN4O3. The Morgan fingerprint density at radius 3 is 2.44 bits per heavy atom. The average molecular weight is 399 g/mol. The molecule has 2 rings (SSSR count). The first kappa shape index (κ1) is 23.2. The highest BCUT2D eigenvalue weighted by atomic mass is 35.5. The minimum absolute atomic E-state index is 0. The number of nitrogens with one attached hydrogen (secondary N) is 1. The number of hydrogen-bond donors (Lipinski definition) is 2. The number of amides is 2. The van der Waals surface area contributed by atoms with E-state index in [2.05, 4.69) is 5.32 Å². The maximum absolute atomic E-state index is 12.5. The maximum atomic E-state index is 12.5. The van der Waals surface area contributed by atoms with Gasteiger partial charge in [0.25, 0.3) is 0 Å². The normalized spacial score (nSPS) is 16.8. The van der Waals surface area contributed by atoms with Crippen LogP contribution in [0.1, 0.15) is 26.7 Å². The number of para-hydroxylation sites is 2. The summed E-state index contributed by atoms with van der Waals surface area (Å²) in [7, 11) is 1.57. The monoisotopic (exact) mass is 398 g/mol. The summed E-state index contributed by atoms with van der Waals surface area (Å²) >= 11 is 0. The summed E-state index contributed by atoms with van der Waals surface area (Å²) < 4.78 is 5.24. The maximum Gasteiger partial charge on any atom is 0.242 e. The second-order valence-electron chi connectivity index (χ2n) is 6.98. The first-order valence-corrected chi connectivity index (χ1v) is 9.11. The molecule has 1 aromatic rings. The van der Waals surface area contributed by atoms with E-state index in [1.54, 1.807) is 20.1 Å². The molecule has 0 radical (unpaired) electrons. The van der Waals surface area contributed by atoms with Gasteiger partial charge in [-0.25, -0.2) is 0 Å². The summed E-state index contributed by atoms with van der Waals surface area (Å²) in [4.78, 5) is 28.7. The van der Waals surface area contributed by atoms with Crippen LogP contribution in [0.2, 0.25) is 0 Å². The molecule has 7 nitrogen and oxygen atoms in total. The first-order chi connectivity index (χ1) is 12.4. The van der Waals surface area contributed by atoms with E-state index >= 15 is 0 Å². The van der Waals surface area contributed by atoms with E-state index < -0.39 is 5.54 Å². The van der Waals surface area contributed by atoms with Crippen molar-refractivity contribution in [3.63, 3.8) is 0 Å². The van der Waals surface area contributed by atoms with Crippen LogP contribution in [0, 0.1) is 0 Å². The summed E-state index contributed by atoms with van der Waals surface area (Å²) in [6.45, 7) is 6.62. The topological polar surface area (TPSA) is 87.9 Å². The number of halogens is 1. The molecule has 152 valence electrons. The van der Waals surface area contributed by atoms with Gasteiger partial charge in [0.1, 0.15) is 5.75 Å².